The van der Waals surface area contributed by atoms with E-state index in [1.165, 1.54) is 0 Å². The Kier molecular flexibility index (Phi) is 3.32. The van der Waals surface area contributed by atoms with Gasteiger partial charge < -0.3 is 10.4 Å². The molecule has 0 radical (unpaired) electrons. The average Bonchev–Trinajstić information content (AvgIpc) is 2.67. The number of nitrogens with zero attached hydrogens (tertiary/aromatic N) is 1. The average molecular weight is 342 g/mol. The summed E-state index contributed by atoms with van der Waals surface area (Å²) in [4.78, 5) is 17.3. The lowest BCUT2D eigenvalue weighted by Crippen LogP contribution is -2.27. The number of aromatic hydroxyl groups is 1. The van der Waals surface area contributed by atoms with Crippen molar-refractivity contribution in [2.75, 3.05) is 5.32 Å². The Hall–Kier alpha value is -3.14. The topological polar surface area (TPSA) is 62.2 Å². The maximum atomic E-state index is 12.9. The van der Waals surface area contributed by atoms with Gasteiger partial charge in [0.1, 0.15) is 5.75 Å². The van der Waals surface area contributed by atoms with E-state index in [0.29, 0.717) is 6.42 Å². The molecule has 0 saturated carbocycles. The second-order valence-electron chi connectivity index (χ2n) is 6.92. The summed E-state index contributed by atoms with van der Waals surface area (Å²) in [7, 11) is 0. The first-order valence-electron chi connectivity index (χ1n) is 8.92. The van der Waals surface area contributed by atoms with Crippen molar-refractivity contribution in [2.45, 2.75) is 25.2 Å². The van der Waals surface area contributed by atoms with Gasteiger partial charge >= 0.3 is 0 Å². The lowest BCUT2D eigenvalue weighted by Gasteiger charge is -2.34. The standard InChI is InChI=1S/C22H18N2O2/c25-14-8-6-13(7-9-14)20-21-15-3-2-12-23-16(15)10-11-18(21)24-17-4-1-5-19(26)22(17)20/h2-3,6-12,20,24-25H,1,4-5H2. The first kappa shape index (κ1) is 15.1. The third kappa shape index (κ3) is 2.22. The summed E-state index contributed by atoms with van der Waals surface area (Å²) in [5.41, 5.74) is 5.97. The molecule has 2 aromatic carbocycles. The molecule has 1 aliphatic heterocycles. The van der Waals surface area contributed by atoms with E-state index < -0.39 is 0 Å². The van der Waals surface area contributed by atoms with Crippen LogP contribution in [0.25, 0.3) is 10.9 Å². The number of fused-ring (bicyclic) bond motifs is 3. The minimum atomic E-state index is -0.137. The lowest BCUT2D eigenvalue weighted by atomic mass is 9.74. The summed E-state index contributed by atoms with van der Waals surface area (Å²) in [6.07, 6.45) is 4.15. The molecule has 1 unspecified atom stereocenters. The van der Waals surface area contributed by atoms with Crippen molar-refractivity contribution in [2.24, 2.45) is 0 Å². The van der Waals surface area contributed by atoms with Gasteiger partial charge in [0.2, 0.25) is 0 Å². The molecule has 0 fully saturated rings. The summed E-state index contributed by atoms with van der Waals surface area (Å²) in [6.45, 7) is 0. The molecule has 2 aliphatic rings. The quantitative estimate of drug-likeness (QED) is 0.683. The van der Waals surface area contributed by atoms with Crippen LogP contribution >= 0.6 is 0 Å². The van der Waals surface area contributed by atoms with Gasteiger partial charge in [0.25, 0.3) is 0 Å². The highest BCUT2D eigenvalue weighted by Gasteiger charge is 2.36. The zero-order valence-electron chi connectivity index (χ0n) is 14.2. The maximum absolute atomic E-state index is 12.9. The van der Waals surface area contributed by atoms with E-state index in [1.807, 2.05) is 24.3 Å². The number of carbonyl (C=O) groups excluding carboxylic acids is 1. The number of rotatable bonds is 1. The van der Waals surface area contributed by atoms with E-state index in [2.05, 4.69) is 22.4 Å². The molecule has 128 valence electrons. The number of nitrogens with one attached hydrogen (secondary N) is 1. The summed E-state index contributed by atoms with van der Waals surface area (Å²) < 4.78 is 0. The number of Topliss-reactive ketones (excluding diaryl/α,β-unsaturated/α-hetero) is 1. The molecule has 0 spiro atoms. The van der Waals surface area contributed by atoms with Crippen LogP contribution in [-0.2, 0) is 4.79 Å². The molecule has 0 bridgehead atoms. The molecular formula is C22H18N2O2. The van der Waals surface area contributed by atoms with Gasteiger partial charge in [-0.1, -0.05) is 18.2 Å². The van der Waals surface area contributed by atoms with Crippen molar-refractivity contribution in [3.05, 3.63) is 77.1 Å². The summed E-state index contributed by atoms with van der Waals surface area (Å²) in [5, 5.41) is 14.3. The Balaban J connectivity index is 1.83. The van der Waals surface area contributed by atoms with Gasteiger partial charge in [0, 0.05) is 40.9 Å². The Bertz CT molecular complexity index is 1070. The van der Waals surface area contributed by atoms with Crippen LogP contribution in [0.5, 0.6) is 5.75 Å². The molecule has 1 aromatic heterocycles. The maximum Gasteiger partial charge on any atom is 0.161 e. The molecule has 4 heteroatoms. The number of aromatic nitrogens is 1. The largest absolute Gasteiger partial charge is 0.508 e. The van der Waals surface area contributed by atoms with E-state index in [1.54, 1.807) is 18.3 Å². The van der Waals surface area contributed by atoms with Crippen LogP contribution < -0.4 is 5.32 Å². The predicted octanol–water partition coefficient (Wildman–Crippen LogP) is 4.50. The lowest BCUT2D eigenvalue weighted by molar-refractivity contribution is -0.116. The van der Waals surface area contributed by atoms with Crippen LogP contribution in [0.1, 0.15) is 36.3 Å². The minimum absolute atomic E-state index is 0.137. The van der Waals surface area contributed by atoms with Crippen LogP contribution in [0, 0.1) is 0 Å². The Morgan fingerprint density at radius 2 is 1.88 bits per heavy atom. The number of ketones is 1. The number of benzene rings is 2. The van der Waals surface area contributed by atoms with E-state index >= 15 is 0 Å². The number of anilines is 1. The Labute approximate surface area is 151 Å². The number of hydrogen-bond acceptors (Lipinski definition) is 4. The third-order valence-electron chi connectivity index (χ3n) is 5.37. The molecule has 5 rings (SSSR count). The fourth-order valence-electron chi connectivity index (χ4n) is 4.23. The summed E-state index contributed by atoms with van der Waals surface area (Å²) >= 11 is 0. The molecule has 2 N–H and O–H groups in total. The van der Waals surface area contributed by atoms with E-state index in [4.69, 9.17) is 0 Å². The fraction of sp³-hybridized carbons (Fsp3) is 0.182. The molecule has 4 nitrogen and oxygen atoms in total. The molecular weight excluding hydrogens is 324 g/mol. The highest BCUT2D eigenvalue weighted by molar-refractivity contribution is 6.03. The SMILES string of the molecule is O=C1CCCC2=C1C(c1ccc(O)cc1)c1c(ccc3ncccc13)N2. The van der Waals surface area contributed by atoms with Crippen LogP contribution in [0.4, 0.5) is 5.69 Å². The van der Waals surface area contributed by atoms with Gasteiger partial charge in [-0.25, -0.2) is 0 Å². The second kappa shape index (κ2) is 5.70. The molecule has 1 aliphatic carbocycles. The molecule has 0 saturated heterocycles. The van der Waals surface area contributed by atoms with Gasteiger partial charge in [-0.3, -0.25) is 9.78 Å². The van der Waals surface area contributed by atoms with Crippen molar-refractivity contribution in [1.82, 2.24) is 4.98 Å². The van der Waals surface area contributed by atoms with E-state index in [-0.39, 0.29) is 17.5 Å². The molecule has 3 aromatic rings. The number of pyridine rings is 1. The van der Waals surface area contributed by atoms with Crippen molar-refractivity contribution in [3.63, 3.8) is 0 Å². The van der Waals surface area contributed by atoms with Crippen molar-refractivity contribution in [3.8, 4) is 5.75 Å². The van der Waals surface area contributed by atoms with E-state index in [9.17, 15) is 9.90 Å². The van der Waals surface area contributed by atoms with Crippen molar-refractivity contribution in [1.29, 1.82) is 0 Å². The zero-order valence-corrected chi connectivity index (χ0v) is 14.2. The highest BCUT2D eigenvalue weighted by atomic mass is 16.3. The zero-order chi connectivity index (χ0) is 17.7. The predicted molar refractivity (Wildman–Crippen MR) is 101 cm³/mol. The van der Waals surface area contributed by atoms with Crippen LogP contribution in [0.15, 0.2) is 66.0 Å². The van der Waals surface area contributed by atoms with Gasteiger partial charge in [-0.2, -0.15) is 0 Å². The first-order chi connectivity index (χ1) is 12.7. The number of hydrogen-bond donors (Lipinski definition) is 2. The van der Waals surface area contributed by atoms with Gasteiger partial charge in [0.15, 0.2) is 5.78 Å². The second-order valence-corrected chi connectivity index (χ2v) is 6.92. The first-order valence-corrected chi connectivity index (χ1v) is 8.92. The van der Waals surface area contributed by atoms with Crippen LogP contribution in [-0.4, -0.2) is 15.9 Å². The number of carbonyl (C=O) groups is 1. The van der Waals surface area contributed by atoms with Crippen LogP contribution in [0.2, 0.25) is 0 Å². The highest BCUT2D eigenvalue weighted by Crippen LogP contribution is 2.47. The Morgan fingerprint density at radius 3 is 2.73 bits per heavy atom. The van der Waals surface area contributed by atoms with Gasteiger partial charge in [-0.15, -0.1) is 0 Å². The smallest absolute Gasteiger partial charge is 0.161 e. The summed E-state index contributed by atoms with van der Waals surface area (Å²) in [6, 6.07) is 15.3. The molecule has 2 heterocycles. The number of allylic oxidation sites excluding steroid dienone is 2. The monoisotopic (exact) mass is 342 g/mol. The Morgan fingerprint density at radius 1 is 1.04 bits per heavy atom. The third-order valence-corrected chi connectivity index (χ3v) is 5.37. The number of phenols is 1. The van der Waals surface area contributed by atoms with Crippen molar-refractivity contribution >= 4 is 22.4 Å². The van der Waals surface area contributed by atoms with Gasteiger partial charge in [-0.05, 0) is 54.3 Å². The molecule has 26 heavy (non-hydrogen) atoms. The van der Waals surface area contributed by atoms with E-state index in [0.717, 1.165) is 51.8 Å². The van der Waals surface area contributed by atoms with Gasteiger partial charge in [0.05, 0.1) is 5.52 Å². The molecule has 0 amide bonds. The minimum Gasteiger partial charge on any atom is -0.508 e. The van der Waals surface area contributed by atoms with Crippen molar-refractivity contribution < 1.29 is 9.90 Å². The normalized spacial score (nSPS) is 19.1. The van der Waals surface area contributed by atoms with Crippen LogP contribution in [0.3, 0.4) is 0 Å². The number of phenolic OH excluding ortho intramolecular Hbond substituents is 1. The fourth-order valence-corrected chi connectivity index (χ4v) is 4.23. The molecule has 1 atom stereocenters. The summed E-state index contributed by atoms with van der Waals surface area (Å²) in [5.74, 6) is 0.303.